The van der Waals surface area contributed by atoms with Crippen LogP contribution in [0.25, 0.3) is 0 Å². The Bertz CT molecular complexity index is 410. The summed E-state index contributed by atoms with van der Waals surface area (Å²) in [5.41, 5.74) is 5.91. The van der Waals surface area contributed by atoms with Gasteiger partial charge in [0, 0.05) is 13.1 Å². The lowest BCUT2D eigenvalue weighted by atomic mass is 10.2. The molecule has 0 atom stereocenters. The van der Waals surface area contributed by atoms with E-state index in [4.69, 9.17) is 15.2 Å². The van der Waals surface area contributed by atoms with Crippen molar-refractivity contribution in [1.29, 1.82) is 0 Å². The van der Waals surface area contributed by atoms with Crippen LogP contribution in [0.2, 0.25) is 0 Å². The molecule has 106 valence electrons. The summed E-state index contributed by atoms with van der Waals surface area (Å²) in [4.78, 5) is 10.4. The van der Waals surface area contributed by atoms with Crippen LogP contribution < -0.4 is 20.5 Å². The van der Waals surface area contributed by atoms with Gasteiger partial charge in [-0.05, 0) is 24.6 Å². The lowest BCUT2D eigenvalue weighted by Gasteiger charge is -2.11. The van der Waals surface area contributed by atoms with Gasteiger partial charge in [-0.15, -0.1) is 0 Å². The van der Waals surface area contributed by atoms with E-state index in [2.05, 4.69) is 10.1 Å². The van der Waals surface area contributed by atoms with Crippen molar-refractivity contribution < 1.29 is 19.0 Å². The van der Waals surface area contributed by atoms with Gasteiger partial charge in [0.2, 0.25) is 0 Å². The number of nitrogens with two attached hydrogens (primary N) is 1. The number of carbonyl (C=O) groups is 1. The molecule has 0 bridgehead atoms. The second-order valence-corrected chi connectivity index (χ2v) is 3.76. The van der Waals surface area contributed by atoms with Crippen LogP contribution in [0.1, 0.15) is 12.5 Å². The molecule has 0 spiro atoms. The van der Waals surface area contributed by atoms with Gasteiger partial charge in [-0.25, -0.2) is 4.79 Å². The molecule has 0 aliphatic carbocycles. The van der Waals surface area contributed by atoms with Crippen LogP contribution >= 0.6 is 0 Å². The predicted octanol–water partition coefficient (Wildman–Crippen LogP) is 1.28. The summed E-state index contributed by atoms with van der Waals surface area (Å²) < 4.78 is 15.3. The SMILES string of the molecule is CCOc1cc(CNCCOC(N)=O)ccc1OC. The van der Waals surface area contributed by atoms with E-state index < -0.39 is 6.09 Å². The molecule has 1 amide bonds. The van der Waals surface area contributed by atoms with Crippen molar-refractivity contribution in [2.75, 3.05) is 26.9 Å². The number of hydrogen-bond donors (Lipinski definition) is 2. The molecule has 19 heavy (non-hydrogen) atoms. The molecule has 0 radical (unpaired) electrons. The second-order valence-electron chi connectivity index (χ2n) is 3.76. The van der Waals surface area contributed by atoms with Crippen LogP contribution in [0.4, 0.5) is 4.79 Å². The Labute approximate surface area is 112 Å². The number of hydrogen-bond acceptors (Lipinski definition) is 5. The average Bonchev–Trinajstić information content (AvgIpc) is 2.39. The quantitative estimate of drug-likeness (QED) is 0.694. The maximum absolute atomic E-state index is 10.4. The standard InChI is InChI=1S/C13H20N2O4/c1-3-18-12-8-10(4-5-11(12)17-2)9-15-6-7-19-13(14)16/h4-5,8,15H,3,6-7,9H2,1-2H3,(H2,14,16). The highest BCUT2D eigenvalue weighted by Crippen LogP contribution is 2.27. The molecule has 0 unspecified atom stereocenters. The van der Waals surface area contributed by atoms with E-state index >= 15 is 0 Å². The largest absolute Gasteiger partial charge is 0.493 e. The van der Waals surface area contributed by atoms with Crippen LogP contribution in [-0.4, -0.2) is 33.0 Å². The summed E-state index contributed by atoms with van der Waals surface area (Å²) in [7, 11) is 1.61. The highest BCUT2D eigenvalue weighted by atomic mass is 16.5. The molecule has 0 saturated heterocycles. The van der Waals surface area contributed by atoms with E-state index in [0.29, 0.717) is 25.4 Å². The van der Waals surface area contributed by atoms with Crippen molar-refractivity contribution in [1.82, 2.24) is 5.32 Å². The smallest absolute Gasteiger partial charge is 0.404 e. The summed E-state index contributed by atoms with van der Waals surface area (Å²) in [6.45, 7) is 3.94. The molecule has 0 saturated carbocycles. The van der Waals surface area contributed by atoms with Crippen LogP contribution in [0.15, 0.2) is 18.2 Å². The first-order valence-corrected chi connectivity index (χ1v) is 6.10. The summed E-state index contributed by atoms with van der Waals surface area (Å²) in [5, 5.41) is 3.13. The van der Waals surface area contributed by atoms with Gasteiger partial charge in [0.25, 0.3) is 0 Å². The highest BCUT2D eigenvalue weighted by Gasteiger charge is 2.05. The van der Waals surface area contributed by atoms with Crippen molar-refractivity contribution in [2.24, 2.45) is 5.73 Å². The van der Waals surface area contributed by atoms with Crippen molar-refractivity contribution in [3.05, 3.63) is 23.8 Å². The van der Waals surface area contributed by atoms with Gasteiger partial charge in [0.15, 0.2) is 11.5 Å². The van der Waals surface area contributed by atoms with Crippen LogP contribution in [0.3, 0.4) is 0 Å². The molecule has 0 aliphatic heterocycles. The van der Waals surface area contributed by atoms with Crippen molar-refractivity contribution in [3.8, 4) is 11.5 Å². The van der Waals surface area contributed by atoms with Gasteiger partial charge in [0.05, 0.1) is 13.7 Å². The molecule has 6 nitrogen and oxygen atoms in total. The molecule has 1 aromatic rings. The van der Waals surface area contributed by atoms with Crippen LogP contribution in [0.5, 0.6) is 11.5 Å². The van der Waals surface area contributed by atoms with E-state index in [1.807, 2.05) is 25.1 Å². The topological polar surface area (TPSA) is 82.8 Å². The molecule has 0 fully saturated rings. The lowest BCUT2D eigenvalue weighted by Crippen LogP contribution is -2.23. The summed E-state index contributed by atoms with van der Waals surface area (Å²) in [6, 6.07) is 5.73. The van der Waals surface area contributed by atoms with Gasteiger partial charge in [-0.3, -0.25) is 0 Å². The maximum Gasteiger partial charge on any atom is 0.404 e. The minimum absolute atomic E-state index is 0.254. The zero-order valence-electron chi connectivity index (χ0n) is 11.3. The molecular weight excluding hydrogens is 248 g/mol. The predicted molar refractivity (Wildman–Crippen MR) is 71.4 cm³/mol. The first-order valence-electron chi connectivity index (χ1n) is 6.10. The minimum atomic E-state index is -0.759. The van der Waals surface area contributed by atoms with Crippen molar-refractivity contribution >= 4 is 6.09 Å². The fourth-order valence-electron chi connectivity index (χ4n) is 1.56. The Balaban J connectivity index is 2.45. The zero-order chi connectivity index (χ0) is 14.1. The summed E-state index contributed by atoms with van der Waals surface area (Å²) in [6.07, 6.45) is -0.759. The third kappa shape index (κ3) is 5.48. The minimum Gasteiger partial charge on any atom is -0.493 e. The number of nitrogens with one attached hydrogen (secondary N) is 1. The van der Waals surface area contributed by atoms with Crippen LogP contribution in [0, 0.1) is 0 Å². The van der Waals surface area contributed by atoms with E-state index in [1.165, 1.54) is 0 Å². The Kier molecular flexibility index (Phi) is 6.52. The lowest BCUT2D eigenvalue weighted by molar-refractivity contribution is 0.157. The molecule has 1 rings (SSSR count). The first kappa shape index (κ1) is 15.1. The number of carbonyl (C=O) groups excluding carboxylic acids is 1. The first-order chi connectivity index (χ1) is 9.17. The number of methoxy groups -OCH3 is 1. The van der Waals surface area contributed by atoms with E-state index in [0.717, 1.165) is 11.3 Å². The second kappa shape index (κ2) is 8.20. The van der Waals surface area contributed by atoms with E-state index in [1.54, 1.807) is 7.11 Å². The fourth-order valence-corrected chi connectivity index (χ4v) is 1.56. The Morgan fingerprint density at radius 1 is 1.37 bits per heavy atom. The Hall–Kier alpha value is -1.95. The van der Waals surface area contributed by atoms with E-state index in [-0.39, 0.29) is 6.61 Å². The Morgan fingerprint density at radius 3 is 2.79 bits per heavy atom. The number of ether oxygens (including phenoxy) is 3. The molecule has 6 heteroatoms. The molecular formula is C13H20N2O4. The van der Waals surface area contributed by atoms with Crippen LogP contribution in [-0.2, 0) is 11.3 Å². The Morgan fingerprint density at radius 2 is 2.16 bits per heavy atom. The van der Waals surface area contributed by atoms with Crippen molar-refractivity contribution in [2.45, 2.75) is 13.5 Å². The zero-order valence-corrected chi connectivity index (χ0v) is 11.3. The average molecular weight is 268 g/mol. The molecule has 0 aromatic heterocycles. The van der Waals surface area contributed by atoms with Gasteiger partial charge >= 0.3 is 6.09 Å². The fraction of sp³-hybridized carbons (Fsp3) is 0.462. The van der Waals surface area contributed by atoms with Gasteiger partial charge in [-0.1, -0.05) is 6.07 Å². The molecule has 0 aliphatic rings. The third-order valence-corrected chi connectivity index (χ3v) is 2.38. The van der Waals surface area contributed by atoms with Gasteiger partial charge in [0.1, 0.15) is 6.61 Å². The monoisotopic (exact) mass is 268 g/mol. The summed E-state index contributed by atoms with van der Waals surface area (Å²) >= 11 is 0. The number of rotatable bonds is 8. The van der Waals surface area contributed by atoms with Gasteiger partial charge in [-0.2, -0.15) is 0 Å². The number of benzene rings is 1. The number of amides is 1. The van der Waals surface area contributed by atoms with Crippen molar-refractivity contribution in [3.63, 3.8) is 0 Å². The molecule has 1 aromatic carbocycles. The summed E-state index contributed by atoms with van der Waals surface area (Å²) in [5.74, 6) is 1.43. The maximum atomic E-state index is 10.4. The van der Waals surface area contributed by atoms with Gasteiger partial charge < -0.3 is 25.3 Å². The number of primary amides is 1. The molecule has 0 heterocycles. The normalized spacial score (nSPS) is 10.0. The van der Waals surface area contributed by atoms with E-state index in [9.17, 15) is 4.79 Å². The molecule has 3 N–H and O–H groups in total. The highest BCUT2D eigenvalue weighted by molar-refractivity contribution is 5.64. The third-order valence-electron chi connectivity index (χ3n) is 2.38.